The highest BCUT2D eigenvalue weighted by atomic mass is 32.1. The highest BCUT2D eigenvalue weighted by molar-refractivity contribution is 7.10. The molecular weight excluding hydrogens is 378 g/mol. The van der Waals surface area contributed by atoms with Crippen molar-refractivity contribution in [3.05, 3.63) is 42.8 Å². The predicted molar refractivity (Wildman–Crippen MR) is 113 cm³/mol. The van der Waals surface area contributed by atoms with Crippen LogP contribution in [0.15, 0.2) is 10.8 Å². The number of fused-ring (bicyclic) bond motifs is 2. The number of hydrogen-bond donors (Lipinski definition) is 0. The van der Waals surface area contributed by atoms with Crippen molar-refractivity contribution in [3.8, 4) is 0 Å². The zero-order valence-electron chi connectivity index (χ0n) is 15.4. The Labute approximate surface area is 170 Å². The number of hydroxylamine groups is 2. The van der Waals surface area contributed by atoms with Crippen molar-refractivity contribution in [3.63, 3.8) is 0 Å². The van der Waals surface area contributed by atoms with Gasteiger partial charge in [-0.25, -0.2) is 5.06 Å². The van der Waals surface area contributed by atoms with Crippen molar-refractivity contribution >= 4 is 34.9 Å². The number of hydrogen-bond acceptors (Lipinski definition) is 5. The average Bonchev–Trinajstić information content (AvgIpc) is 3.31. The van der Waals surface area contributed by atoms with E-state index < -0.39 is 0 Å². The summed E-state index contributed by atoms with van der Waals surface area (Å²) in [6.07, 6.45) is 10.5. The van der Waals surface area contributed by atoms with Crippen molar-refractivity contribution in [2.75, 3.05) is 14.2 Å². The minimum absolute atomic E-state index is 0. The second-order valence-corrected chi connectivity index (χ2v) is 8.59. The smallest absolute Gasteiger partial charge is 0.278 e. The Balaban J connectivity index is 0.000000194. The molecular formula is C21H29NO3S2. The molecule has 0 aliphatic heterocycles. The molecule has 4 nitrogen and oxygen atoms in total. The molecule has 4 rings (SSSR count). The molecule has 0 saturated carbocycles. The van der Waals surface area contributed by atoms with E-state index in [1.165, 1.54) is 65.2 Å². The van der Waals surface area contributed by atoms with Crippen LogP contribution in [0, 0.1) is 0 Å². The second-order valence-electron chi connectivity index (χ2n) is 6.66. The lowest BCUT2D eigenvalue weighted by Crippen LogP contribution is -2.26. The number of rotatable bonds is 3. The quantitative estimate of drug-likeness (QED) is 0.510. The summed E-state index contributed by atoms with van der Waals surface area (Å²) in [5, 5.41) is 5.24. The number of thiophene rings is 2. The third kappa shape index (κ3) is 4.86. The van der Waals surface area contributed by atoms with Crippen LogP contribution in [0.1, 0.15) is 74.7 Å². The van der Waals surface area contributed by atoms with Gasteiger partial charge in [0.1, 0.15) is 0 Å². The van der Waals surface area contributed by atoms with Gasteiger partial charge in [0.2, 0.25) is 0 Å². The van der Waals surface area contributed by atoms with Crippen LogP contribution in [0.4, 0.5) is 0 Å². The standard InChI is InChI=1S/C11H15NO2S.C9H10OS.CH4/c1-12(14-2)11(13)9-7-15-10-6-4-3-5-8(9)10;10-5-7-6-11-9-4-2-1-3-8(7)9;/h7H,3-6H2,1-2H3;5-6H,1-4H2;1H4. The van der Waals surface area contributed by atoms with Crippen molar-refractivity contribution in [2.24, 2.45) is 0 Å². The first kappa shape index (κ1) is 21.8. The van der Waals surface area contributed by atoms with E-state index in [9.17, 15) is 9.59 Å². The summed E-state index contributed by atoms with van der Waals surface area (Å²) >= 11 is 3.45. The van der Waals surface area contributed by atoms with E-state index in [0.29, 0.717) is 0 Å². The summed E-state index contributed by atoms with van der Waals surface area (Å²) in [4.78, 5) is 30.2. The van der Waals surface area contributed by atoms with Gasteiger partial charge >= 0.3 is 0 Å². The average molecular weight is 408 g/mol. The van der Waals surface area contributed by atoms with Crippen LogP contribution < -0.4 is 0 Å². The maximum Gasteiger partial charge on any atom is 0.278 e. The first-order valence-corrected chi connectivity index (χ1v) is 10.9. The first-order valence-electron chi connectivity index (χ1n) is 9.11. The van der Waals surface area contributed by atoms with Crippen molar-refractivity contribution < 1.29 is 14.4 Å². The van der Waals surface area contributed by atoms with Gasteiger partial charge in [0.25, 0.3) is 5.91 Å². The van der Waals surface area contributed by atoms with Crippen LogP contribution >= 0.6 is 22.7 Å². The first-order chi connectivity index (χ1) is 12.7. The predicted octanol–water partition coefficient (Wildman–Crippen LogP) is 5.34. The minimum Gasteiger partial charge on any atom is -0.298 e. The Morgan fingerprint density at radius 1 is 1.00 bits per heavy atom. The van der Waals surface area contributed by atoms with Gasteiger partial charge in [-0.05, 0) is 62.5 Å². The lowest BCUT2D eigenvalue weighted by molar-refractivity contribution is -0.0757. The monoisotopic (exact) mass is 407 g/mol. The number of carbonyl (C=O) groups is 2. The van der Waals surface area contributed by atoms with Crippen molar-refractivity contribution in [2.45, 2.75) is 58.8 Å². The van der Waals surface area contributed by atoms with Crippen molar-refractivity contribution in [1.29, 1.82) is 0 Å². The molecule has 1 amide bonds. The highest BCUT2D eigenvalue weighted by Crippen LogP contribution is 2.31. The highest BCUT2D eigenvalue weighted by Gasteiger charge is 2.22. The van der Waals surface area contributed by atoms with E-state index in [1.807, 2.05) is 10.8 Å². The summed E-state index contributed by atoms with van der Waals surface area (Å²) in [7, 11) is 3.16. The third-order valence-electron chi connectivity index (χ3n) is 5.07. The van der Waals surface area contributed by atoms with Gasteiger partial charge < -0.3 is 0 Å². The largest absolute Gasteiger partial charge is 0.298 e. The lowest BCUT2D eigenvalue weighted by Gasteiger charge is -2.16. The second kappa shape index (κ2) is 10.2. The van der Waals surface area contributed by atoms with E-state index in [2.05, 4.69) is 0 Å². The Morgan fingerprint density at radius 2 is 1.56 bits per heavy atom. The van der Waals surface area contributed by atoms with E-state index >= 15 is 0 Å². The van der Waals surface area contributed by atoms with Crippen LogP contribution in [0.5, 0.6) is 0 Å². The molecule has 2 aromatic heterocycles. The molecule has 0 radical (unpaired) electrons. The Hall–Kier alpha value is -1.50. The van der Waals surface area contributed by atoms with Crippen LogP contribution in [-0.2, 0) is 30.5 Å². The molecule has 0 unspecified atom stereocenters. The molecule has 6 heteroatoms. The number of nitrogens with zero attached hydrogens (tertiary/aromatic N) is 1. The normalized spacial score (nSPS) is 14.7. The topological polar surface area (TPSA) is 46.6 Å². The summed E-state index contributed by atoms with van der Waals surface area (Å²) in [5.74, 6) is -0.0306. The molecule has 0 fully saturated rings. The lowest BCUT2D eigenvalue weighted by atomic mass is 9.96. The van der Waals surface area contributed by atoms with Crippen molar-refractivity contribution in [1.82, 2.24) is 5.06 Å². The maximum atomic E-state index is 11.9. The molecule has 0 aromatic carbocycles. The van der Waals surface area contributed by atoms with Gasteiger partial charge in [-0.1, -0.05) is 7.43 Å². The van der Waals surface area contributed by atoms with E-state index in [4.69, 9.17) is 4.84 Å². The van der Waals surface area contributed by atoms with Gasteiger partial charge in [0.15, 0.2) is 6.29 Å². The van der Waals surface area contributed by atoms with Crippen LogP contribution in [0.25, 0.3) is 0 Å². The molecule has 0 saturated heterocycles. The molecule has 148 valence electrons. The Bertz CT molecular complexity index is 778. The fraction of sp³-hybridized carbons (Fsp3) is 0.524. The molecule has 2 aromatic rings. The van der Waals surface area contributed by atoms with E-state index in [1.54, 1.807) is 29.7 Å². The minimum atomic E-state index is -0.0306. The zero-order chi connectivity index (χ0) is 18.5. The molecule has 2 heterocycles. The Kier molecular flexibility index (Phi) is 8.20. The SMILES string of the molecule is C.CON(C)C(=O)c1csc2c1CCCC2.O=Cc1csc2c1CCCC2. The van der Waals surface area contributed by atoms with Crippen LogP contribution in [0.2, 0.25) is 0 Å². The van der Waals surface area contributed by atoms with Gasteiger partial charge in [0.05, 0.1) is 12.7 Å². The summed E-state index contributed by atoms with van der Waals surface area (Å²) in [6, 6.07) is 0. The number of aldehydes is 1. The number of amides is 1. The molecule has 27 heavy (non-hydrogen) atoms. The summed E-state index contributed by atoms with van der Waals surface area (Å²) in [6.45, 7) is 0. The number of carbonyl (C=O) groups excluding carboxylic acids is 2. The van der Waals surface area contributed by atoms with E-state index in [-0.39, 0.29) is 13.3 Å². The summed E-state index contributed by atoms with van der Waals surface area (Å²) < 4.78 is 0. The third-order valence-corrected chi connectivity index (χ3v) is 7.27. The van der Waals surface area contributed by atoms with Gasteiger partial charge in [0, 0.05) is 33.1 Å². The van der Waals surface area contributed by atoms with Gasteiger partial charge in [-0.2, -0.15) is 0 Å². The fourth-order valence-corrected chi connectivity index (χ4v) is 5.75. The molecule has 0 atom stereocenters. The molecule has 2 aliphatic carbocycles. The van der Waals surface area contributed by atoms with Gasteiger partial charge in [-0.15, -0.1) is 22.7 Å². The molecule has 0 bridgehead atoms. The van der Waals surface area contributed by atoms with Crippen LogP contribution in [0.3, 0.4) is 0 Å². The van der Waals surface area contributed by atoms with Gasteiger partial charge in [-0.3, -0.25) is 14.4 Å². The fourth-order valence-electron chi connectivity index (χ4n) is 3.54. The van der Waals surface area contributed by atoms with Crippen LogP contribution in [-0.4, -0.2) is 31.4 Å². The number of aryl methyl sites for hydroxylation is 2. The molecule has 2 aliphatic rings. The van der Waals surface area contributed by atoms with E-state index in [0.717, 1.165) is 36.7 Å². The molecule has 0 spiro atoms. The summed E-state index contributed by atoms with van der Waals surface area (Å²) in [5.41, 5.74) is 4.35. The molecule has 0 N–H and O–H groups in total. The Morgan fingerprint density at radius 3 is 2.19 bits per heavy atom. The zero-order valence-corrected chi connectivity index (χ0v) is 17.0. The maximum absolute atomic E-state index is 11.9.